The average Bonchev–Trinajstić information content (AvgIpc) is 2.80. The van der Waals surface area contributed by atoms with Crippen LogP contribution in [-0.4, -0.2) is 15.6 Å². The van der Waals surface area contributed by atoms with Gasteiger partial charge in [0, 0.05) is 18.7 Å². The fourth-order valence-electron chi connectivity index (χ4n) is 1.96. The van der Waals surface area contributed by atoms with Crippen molar-refractivity contribution in [3.8, 4) is 0 Å². The van der Waals surface area contributed by atoms with Crippen LogP contribution in [0.3, 0.4) is 0 Å². The number of hydrogen-bond acceptors (Lipinski definition) is 2. The van der Waals surface area contributed by atoms with Gasteiger partial charge in [0.15, 0.2) is 0 Å². The van der Waals surface area contributed by atoms with Gasteiger partial charge in [-0.15, -0.1) is 0 Å². The Kier molecular flexibility index (Phi) is 4.15. The third-order valence-electron chi connectivity index (χ3n) is 3.09. The fourth-order valence-corrected chi connectivity index (χ4v) is 1.96. The van der Waals surface area contributed by atoms with E-state index in [1.807, 2.05) is 48.1 Å². The van der Waals surface area contributed by atoms with Gasteiger partial charge in [0.1, 0.15) is 5.78 Å². The first-order valence-electron chi connectivity index (χ1n) is 6.66. The molecule has 0 saturated heterocycles. The van der Waals surface area contributed by atoms with Gasteiger partial charge in [-0.05, 0) is 32.4 Å². The number of ketones is 1. The van der Waals surface area contributed by atoms with Crippen LogP contribution in [-0.2, 0) is 17.6 Å². The van der Waals surface area contributed by atoms with Crippen molar-refractivity contribution in [2.45, 2.75) is 39.7 Å². The number of carbonyl (C=O) groups excluding carboxylic acids is 1. The van der Waals surface area contributed by atoms with E-state index in [-0.39, 0.29) is 5.78 Å². The van der Waals surface area contributed by atoms with E-state index in [9.17, 15) is 4.79 Å². The van der Waals surface area contributed by atoms with E-state index in [0.29, 0.717) is 18.9 Å². The Morgan fingerprint density at radius 2 is 1.84 bits per heavy atom. The standard InChI is InChI=1S/C16H20N2O/c1-12(2)18-9-8-15(17-18)11-16(19)10-14-6-4-13(3)5-7-14/h4-9,12H,10-11H2,1-3H3. The normalized spacial score (nSPS) is 10.9. The summed E-state index contributed by atoms with van der Waals surface area (Å²) in [6, 6.07) is 10.4. The van der Waals surface area contributed by atoms with Gasteiger partial charge in [-0.2, -0.15) is 5.10 Å². The quantitative estimate of drug-likeness (QED) is 0.823. The SMILES string of the molecule is Cc1ccc(CC(=O)Cc2ccn(C(C)C)n2)cc1. The second-order valence-electron chi connectivity index (χ2n) is 5.26. The highest BCUT2D eigenvalue weighted by atomic mass is 16.1. The van der Waals surface area contributed by atoms with E-state index < -0.39 is 0 Å². The van der Waals surface area contributed by atoms with E-state index in [1.165, 1.54) is 5.56 Å². The monoisotopic (exact) mass is 256 g/mol. The van der Waals surface area contributed by atoms with Crippen molar-refractivity contribution < 1.29 is 4.79 Å². The lowest BCUT2D eigenvalue weighted by atomic mass is 10.0. The van der Waals surface area contributed by atoms with Crippen molar-refractivity contribution in [1.29, 1.82) is 0 Å². The topological polar surface area (TPSA) is 34.9 Å². The van der Waals surface area contributed by atoms with Crippen LogP contribution in [0.15, 0.2) is 36.5 Å². The smallest absolute Gasteiger partial charge is 0.143 e. The van der Waals surface area contributed by atoms with Crippen LogP contribution in [0.2, 0.25) is 0 Å². The van der Waals surface area contributed by atoms with Gasteiger partial charge >= 0.3 is 0 Å². The molecule has 0 fully saturated rings. The summed E-state index contributed by atoms with van der Waals surface area (Å²) in [4.78, 5) is 12.0. The van der Waals surface area contributed by atoms with Crippen molar-refractivity contribution in [1.82, 2.24) is 9.78 Å². The summed E-state index contributed by atoms with van der Waals surface area (Å²) >= 11 is 0. The fraction of sp³-hybridized carbons (Fsp3) is 0.375. The lowest BCUT2D eigenvalue weighted by molar-refractivity contribution is -0.117. The lowest BCUT2D eigenvalue weighted by Crippen LogP contribution is -2.08. The van der Waals surface area contributed by atoms with Gasteiger partial charge < -0.3 is 0 Å². The Bertz CT molecular complexity index is 552. The number of nitrogens with zero attached hydrogens (tertiary/aromatic N) is 2. The van der Waals surface area contributed by atoms with Gasteiger partial charge in [0.25, 0.3) is 0 Å². The molecule has 0 aliphatic rings. The lowest BCUT2D eigenvalue weighted by Gasteiger charge is -2.04. The Balaban J connectivity index is 1.95. The molecule has 0 N–H and O–H groups in total. The zero-order valence-corrected chi connectivity index (χ0v) is 11.8. The van der Waals surface area contributed by atoms with Gasteiger partial charge in [0.2, 0.25) is 0 Å². The van der Waals surface area contributed by atoms with Crippen LogP contribution in [0.25, 0.3) is 0 Å². The minimum Gasteiger partial charge on any atom is -0.299 e. The minimum atomic E-state index is 0.206. The molecular formula is C16H20N2O. The number of benzene rings is 1. The van der Waals surface area contributed by atoms with Crippen LogP contribution >= 0.6 is 0 Å². The summed E-state index contributed by atoms with van der Waals surface area (Å²) in [5, 5.41) is 4.40. The van der Waals surface area contributed by atoms with Crippen molar-refractivity contribution >= 4 is 5.78 Å². The minimum absolute atomic E-state index is 0.206. The molecular weight excluding hydrogens is 236 g/mol. The maximum absolute atomic E-state index is 12.0. The van der Waals surface area contributed by atoms with Crippen LogP contribution in [0.5, 0.6) is 0 Å². The molecule has 0 amide bonds. The molecule has 0 aliphatic carbocycles. The molecule has 0 atom stereocenters. The number of Topliss-reactive ketones (excluding diaryl/α,β-unsaturated/α-hetero) is 1. The summed E-state index contributed by atoms with van der Waals surface area (Å²) < 4.78 is 1.88. The summed E-state index contributed by atoms with van der Waals surface area (Å²) in [5.74, 6) is 0.206. The molecule has 2 aromatic rings. The number of rotatable bonds is 5. The highest BCUT2D eigenvalue weighted by Crippen LogP contribution is 2.08. The first-order chi connectivity index (χ1) is 9.04. The van der Waals surface area contributed by atoms with Gasteiger partial charge in [-0.3, -0.25) is 9.48 Å². The molecule has 2 rings (SSSR count). The van der Waals surface area contributed by atoms with Crippen LogP contribution in [0, 0.1) is 6.92 Å². The van der Waals surface area contributed by atoms with E-state index in [4.69, 9.17) is 0 Å². The molecule has 0 bridgehead atoms. The van der Waals surface area contributed by atoms with E-state index in [2.05, 4.69) is 18.9 Å². The Morgan fingerprint density at radius 3 is 2.42 bits per heavy atom. The molecule has 1 aromatic heterocycles. The first kappa shape index (κ1) is 13.5. The van der Waals surface area contributed by atoms with Crippen molar-refractivity contribution in [2.24, 2.45) is 0 Å². The second-order valence-corrected chi connectivity index (χ2v) is 5.26. The zero-order valence-electron chi connectivity index (χ0n) is 11.8. The first-order valence-corrected chi connectivity index (χ1v) is 6.66. The number of aryl methyl sites for hydroxylation is 1. The molecule has 3 heteroatoms. The summed E-state index contributed by atoms with van der Waals surface area (Å²) in [7, 11) is 0. The van der Waals surface area contributed by atoms with Crippen LogP contribution < -0.4 is 0 Å². The van der Waals surface area contributed by atoms with E-state index in [0.717, 1.165) is 11.3 Å². The Morgan fingerprint density at radius 1 is 1.16 bits per heavy atom. The maximum Gasteiger partial charge on any atom is 0.143 e. The molecule has 0 radical (unpaired) electrons. The summed E-state index contributed by atoms with van der Waals surface area (Å²) in [5.41, 5.74) is 3.14. The average molecular weight is 256 g/mol. The van der Waals surface area contributed by atoms with Gasteiger partial charge in [-0.25, -0.2) is 0 Å². The van der Waals surface area contributed by atoms with Crippen LogP contribution in [0.4, 0.5) is 0 Å². The molecule has 100 valence electrons. The highest BCUT2D eigenvalue weighted by molar-refractivity contribution is 5.82. The van der Waals surface area contributed by atoms with Crippen LogP contribution in [0.1, 0.15) is 36.7 Å². The number of hydrogen-bond donors (Lipinski definition) is 0. The predicted molar refractivity (Wildman–Crippen MR) is 76.2 cm³/mol. The number of aromatic nitrogens is 2. The third-order valence-corrected chi connectivity index (χ3v) is 3.09. The largest absolute Gasteiger partial charge is 0.299 e. The Hall–Kier alpha value is -1.90. The van der Waals surface area contributed by atoms with E-state index >= 15 is 0 Å². The Labute approximate surface area is 114 Å². The number of carbonyl (C=O) groups is 1. The molecule has 1 aromatic carbocycles. The third kappa shape index (κ3) is 3.78. The van der Waals surface area contributed by atoms with Crippen molar-refractivity contribution in [2.75, 3.05) is 0 Å². The van der Waals surface area contributed by atoms with Gasteiger partial charge in [-0.1, -0.05) is 29.8 Å². The summed E-state index contributed by atoms with van der Waals surface area (Å²) in [6.45, 7) is 6.19. The molecule has 0 saturated carbocycles. The van der Waals surface area contributed by atoms with E-state index in [1.54, 1.807) is 0 Å². The molecule has 3 nitrogen and oxygen atoms in total. The van der Waals surface area contributed by atoms with Crippen molar-refractivity contribution in [3.63, 3.8) is 0 Å². The van der Waals surface area contributed by atoms with Crippen molar-refractivity contribution in [3.05, 3.63) is 53.3 Å². The van der Waals surface area contributed by atoms with Gasteiger partial charge in [0.05, 0.1) is 12.1 Å². The molecule has 0 unspecified atom stereocenters. The predicted octanol–water partition coefficient (Wildman–Crippen LogP) is 3.13. The molecule has 1 heterocycles. The highest BCUT2D eigenvalue weighted by Gasteiger charge is 2.08. The maximum atomic E-state index is 12.0. The molecule has 0 spiro atoms. The molecule has 0 aliphatic heterocycles. The second kappa shape index (κ2) is 5.83. The summed E-state index contributed by atoms with van der Waals surface area (Å²) in [6.07, 6.45) is 2.82. The zero-order chi connectivity index (χ0) is 13.8. The molecule has 19 heavy (non-hydrogen) atoms.